The highest BCUT2D eigenvalue weighted by molar-refractivity contribution is 7.92. The van der Waals surface area contributed by atoms with Crippen molar-refractivity contribution in [3.05, 3.63) is 48.7 Å². The second-order valence-corrected chi connectivity index (χ2v) is 6.00. The van der Waals surface area contributed by atoms with Crippen LogP contribution < -0.4 is 9.62 Å². The summed E-state index contributed by atoms with van der Waals surface area (Å²) in [5, 5.41) is 2.86. The zero-order valence-electron chi connectivity index (χ0n) is 11.4. The first-order valence-corrected chi connectivity index (χ1v) is 7.75. The number of rotatable bonds is 5. The number of pyridine rings is 1. The van der Waals surface area contributed by atoms with Gasteiger partial charge >= 0.3 is 0 Å². The Morgan fingerprint density at radius 2 is 1.85 bits per heavy atom. The molecule has 0 amide bonds. The second kappa shape index (κ2) is 5.92. The largest absolute Gasteiger partial charge is 0.373 e. The average Bonchev–Trinajstić information content (AvgIpc) is 2.49. The van der Waals surface area contributed by atoms with E-state index in [1.54, 1.807) is 38.2 Å². The number of para-hydroxylation sites is 1. The summed E-state index contributed by atoms with van der Waals surface area (Å²) in [7, 11) is -1.85. The average molecular weight is 291 g/mol. The quantitative estimate of drug-likeness (QED) is 0.918. The lowest BCUT2D eigenvalue weighted by molar-refractivity contribution is 0.591. The molecule has 0 unspecified atom stereocenters. The van der Waals surface area contributed by atoms with E-state index >= 15 is 0 Å². The maximum Gasteiger partial charge on any atom is 0.265 e. The molecule has 0 aliphatic rings. The molecule has 106 valence electrons. The van der Waals surface area contributed by atoms with E-state index in [1.807, 2.05) is 18.2 Å². The SMILES string of the molecule is CCN(c1ccccc1)S(=O)(=O)c1ccc(NC)nc1. The van der Waals surface area contributed by atoms with Crippen LogP contribution in [0, 0.1) is 0 Å². The monoisotopic (exact) mass is 291 g/mol. The Kier molecular flexibility index (Phi) is 4.24. The predicted molar refractivity (Wildman–Crippen MR) is 80.4 cm³/mol. The van der Waals surface area contributed by atoms with Crippen molar-refractivity contribution in [2.24, 2.45) is 0 Å². The fourth-order valence-electron chi connectivity index (χ4n) is 1.89. The van der Waals surface area contributed by atoms with E-state index in [4.69, 9.17) is 0 Å². The highest BCUT2D eigenvalue weighted by atomic mass is 32.2. The van der Waals surface area contributed by atoms with Crippen molar-refractivity contribution in [2.45, 2.75) is 11.8 Å². The zero-order chi connectivity index (χ0) is 14.6. The Labute approximate surface area is 119 Å². The van der Waals surface area contributed by atoms with Crippen molar-refractivity contribution in [3.63, 3.8) is 0 Å². The van der Waals surface area contributed by atoms with E-state index < -0.39 is 10.0 Å². The van der Waals surface area contributed by atoms with Crippen LogP contribution in [0.3, 0.4) is 0 Å². The van der Waals surface area contributed by atoms with Gasteiger partial charge in [0.1, 0.15) is 10.7 Å². The number of sulfonamides is 1. The molecule has 5 nitrogen and oxygen atoms in total. The molecule has 0 atom stereocenters. The predicted octanol–water partition coefficient (Wildman–Crippen LogP) is 2.34. The smallest absolute Gasteiger partial charge is 0.265 e. The first kappa shape index (κ1) is 14.3. The van der Waals surface area contributed by atoms with Crippen LogP contribution >= 0.6 is 0 Å². The van der Waals surface area contributed by atoms with Crippen LogP contribution in [0.4, 0.5) is 11.5 Å². The molecule has 0 aliphatic carbocycles. The summed E-state index contributed by atoms with van der Waals surface area (Å²) < 4.78 is 26.6. The molecule has 0 bridgehead atoms. The Bertz CT molecular complexity index is 655. The van der Waals surface area contributed by atoms with Gasteiger partial charge in [0.15, 0.2) is 0 Å². The van der Waals surface area contributed by atoms with E-state index in [-0.39, 0.29) is 4.90 Å². The van der Waals surface area contributed by atoms with Crippen molar-refractivity contribution in [1.82, 2.24) is 4.98 Å². The van der Waals surface area contributed by atoms with Gasteiger partial charge in [-0.05, 0) is 31.2 Å². The molecule has 1 aromatic heterocycles. The van der Waals surface area contributed by atoms with Crippen molar-refractivity contribution >= 4 is 21.5 Å². The minimum absolute atomic E-state index is 0.183. The molecule has 1 heterocycles. The number of hydrogen-bond acceptors (Lipinski definition) is 4. The maximum atomic E-state index is 12.6. The van der Waals surface area contributed by atoms with Gasteiger partial charge in [-0.3, -0.25) is 4.31 Å². The molecule has 0 aliphatic heterocycles. The number of hydrogen-bond donors (Lipinski definition) is 1. The number of nitrogens with one attached hydrogen (secondary N) is 1. The lowest BCUT2D eigenvalue weighted by Crippen LogP contribution is -2.30. The minimum atomic E-state index is -3.59. The molecule has 0 radical (unpaired) electrons. The Morgan fingerprint density at radius 1 is 1.15 bits per heavy atom. The Balaban J connectivity index is 2.41. The van der Waals surface area contributed by atoms with Gasteiger partial charge in [0.2, 0.25) is 0 Å². The third kappa shape index (κ3) is 2.75. The zero-order valence-corrected chi connectivity index (χ0v) is 12.3. The van der Waals surface area contributed by atoms with Crippen LogP contribution in [0.5, 0.6) is 0 Å². The van der Waals surface area contributed by atoms with Crippen molar-refractivity contribution in [1.29, 1.82) is 0 Å². The van der Waals surface area contributed by atoms with Crippen LogP contribution in [0.2, 0.25) is 0 Å². The Morgan fingerprint density at radius 3 is 2.35 bits per heavy atom. The fraction of sp³-hybridized carbons (Fsp3) is 0.214. The van der Waals surface area contributed by atoms with E-state index in [1.165, 1.54) is 10.5 Å². The molecular weight excluding hydrogens is 274 g/mol. The van der Waals surface area contributed by atoms with Gasteiger partial charge in [-0.2, -0.15) is 0 Å². The highest BCUT2D eigenvalue weighted by Gasteiger charge is 2.23. The van der Waals surface area contributed by atoms with E-state index in [2.05, 4.69) is 10.3 Å². The van der Waals surface area contributed by atoms with Crippen molar-refractivity contribution in [2.75, 3.05) is 23.2 Å². The molecule has 6 heteroatoms. The fourth-order valence-corrected chi connectivity index (χ4v) is 3.31. The number of benzene rings is 1. The summed E-state index contributed by atoms with van der Waals surface area (Å²) in [4.78, 5) is 4.24. The van der Waals surface area contributed by atoms with Crippen LogP contribution in [0.25, 0.3) is 0 Å². The first-order chi connectivity index (χ1) is 9.59. The topological polar surface area (TPSA) is 62.3 Å². The van der Waals surface area contributed by atoms with Crippen molar-refractivity contribution in [3.8, 4) is 0 Å². The summed E-state index contributed by atoms with van der Waals surface area (Å²) in [6, 6.07) is 12.2. The van der Waals surface area contributed by atoms with Crippen LogP contribution in [0.1, 0.15) is 6.92 Å². The standard InChI is InChI=1S/C14H17N3O2S/c1-3-17(12-7-5-4-6-8-12)20(18,19)13-9-10-14(15-2)16-11-13/h4-11H,3H2,1-2H3,(H,15,16). The highest BCUT2D eigenvalue weighted by Crippen LogP contribution is 2.23. The van der Waals surface area contributed by atoms with Crippen LogP contribution in [-0.2, 0) is 10.0 Å². The van der Waals surface area contributed by atoms with Crippen LogP contribution in [0.15, 0.2) is 53.6 Å². The summed E-state index contributed by atoms with van der Waals surface area (Å²) in [6.07, 6.45) is 1.37. The molecule has 1 N–H and O–H groups in total. The van der Waals surface area contributed by atoms with E-state index in [0.29, 0.717) is 18.1 Å². The number of nitrogens with zero attached hydrogens (tertiary/aromatic N) is 2. The van der Waals surface area contributed by atoms with Gasteiger partial charge < -0.3 is 5.32 Å². The molecule has 0 saturated heterocycles. The summed E-state index contributed by atoms with van der Waals surface area (Å²) >= 11 is 0. The molecule has 0 fully saturated rings. The Hall–Kier alpha value is -2.08. The van der Waals surface area contributed by atoms with Gasteiger partial charge in [-0.25, -0.2) is 13.4 Å². The van der Waals surface area contributed by atoms with Gasteiger partial charge in [0, 0.05) is 19.8 Å². The minimum Gasteiger partial charge on any atom is -0.373 e. The number of anilines is 2. The molecule has 2 aromatic rings. The van der Waals surface area contributed by atoms with E-state index in [0.717, 1.165) is 0 Å². The molecule has 0 saturated carbocycles. The molecule has 0 spiro atoms. The summed E-state index contributed by atoms with van der Waals surface area (Å²) in [6.45, 7) is 2.17. The molecule has 20 heavy (non-hydrogen) atoms. The molecular formula is C14H17N3O2S. The third-order valence-corrected chi connectivity index (χ3v) is 4.80. The first-order valence-electron chi connectivity index (χ1n) is 6.31. The van der Waals surface area contributed by atoms with Crippen LogP contribution in [-0.4, -0.2) is 27.0 Å². The molecule has 1 aromatic carbocycles. The lowest BCUT2D eigenvalue weighted by atomic mass is 10.3. The normalized spacial score (nSPS) is 11.1. The summed E-state index contributed by atoms with van der Waals surface area (Å²) in [5.74, 6) is 0.631. The van der Waals surface area contributed by atoms with Crippen molar-refractivity contribution < 1.29 is 8.42 Å². The van der Waals surface area contributed by atoms with Gasteiger partial charge in [-0.1, -0.05) is 18.2 Å². The maximum absolute atomic E-state index is 12.6. The third-order valence-electron chi connectivity index (χ3n) is 2.91. The van der Waals surface area contributed by atoms with Gasteiger partial charge in [-0.15, -0.1) is 0 Å². The van der Waals surface area contributed by atoms with Gasteiger partial charge in [0.05, 0.1) is 5.69 Å². The van der Waals surface area contributed by atoms with E-state index in [9.17, 15) is 8.42 Å². The number of aromatic nitrogens is 1. The molecule has 2 rings (SSSR count). The lowest BCUT2D eigenvalue weighted by Gasteiger charge is -2.22. The summed E-state index contributed by atoms with van der Waals surface area (Å²) in [5.41, 5.74) is 0.646. The van der Waals surface area contributed by atoms with Gasteiger partial charge in [0.25, 0.3) is 10.0 Å². The second-order valence-electron chi connectivity index (χ2n) is 4.13.